The topological polar surface area (TPSA) is 49.8 Å². The molecule has 0 radical (unpaired) electrons. The first-order valence-corrected chi connectivity index (χ1v) is 6.05. The Morgan fingerprint density at radius 1 is 1.56 bits per heavy atom. The second-order valence-electron chi connectivity index (χ2n) is 4.39. The molecule has 0 heterocycles. The molecule has 100 valence electrons. The highest BCUT2D eigenvalue weighted by Crippen LogP contribution is 2.23. The van der Waals surface area contributed by atoms with Gasteiger partial charge in [-0.15, -0.1) is 0 Å². The van der Waals surface area contributed by atoms with Gasteiger partial charge in [-0.2, -0.15) is 0 Å². The lowest BCUT2D eigenvalue weighted by molar-refractivity contribution is -0.141. The van der Waals surface area contributed by atoms with E-state index in [0.717, 1.165) is 11.3 Å². The van der Waals surface area contributed by atoms with Crippen molar-refractivity contribution in [1.29, 1.82) is 0 Å². The van der Waals surface area contributed by atoms with Gasteiger partial charge in [0.1, 0.15) is 5.75 Å². The molecule has 1 rings (SSSR count). The first-order chi connectivity index (χ1) is 8.43. The van der Waals surface area contributed by atoms with E-state index in [2.05, 4.69) is 0 Å². The minimum Gasteiger partial charge on any atom is -0.496 e. The van der Waals surface area contributed by atoms with Crippen LogP contribution in [0.4, 0.5) is 0 Å². The number of aliphatic carboxylic acids is 1. The zero-order chi connectivity index (χ0) is 13.7. The molecule has 1 N–H and O–H groups in total. The van der Waals surface area contributed by atoms with Gasteiger partial charge >= 0.3 is 5.97 Å². The predicted octanol–water partition coefficient (Wildman–Crippen LogP) is 2.50. The second-order valence-corrected chi connectivity index (χ2v) is 4.83. The van der Waals surface area contributed by atoms with E-state index in [4.69, 9.17) is 21.4 Å². The molecule has 1 aromatic rings. The number of halogens is 1. The summed E-state index contributed by atoms with van der Waals surface area (Å²) in [4.78, 5) is 12.7. The van der Waals surface area contributed by atoms with E-state index >= 15 is 0 Å². The van der Waals surface area contributed by atoms with Crippen LogP contribution in [0.25, 0.3) is 0 Å². The van der Waals surface area contributed by atoms with Crippen LogP contribution in [0.15, 0.2) is 18.2 Å². The number of methoxy groups -OCH3 is 1. The van der Waals surface area contributed by atoms with Crippen molar-refractivity contribution in [2.24, 2.45) is 5.92 Å². The largest absolute Gasteiger partial charge is 0.496 e. The Balaban J connectivity index is 2.71. The quantitative estimate of drug-likeness (QED) is 0.864. The molecule has 0 aliphatic heterocycles. The predicted molar refractivity (Wildman–Crippen MR) is 71.1 cm³/mol. The lowest BCUT2D eigenvalue weighted by Crippen LogP contribution is -2.28. The molecular weight excluding hydrogens is 254 g/mol. The van der Waals surface area contributed by atoms with Crippen LogP contribution >= 0.6 is 11.6 Å². The van der Waals surface area contributed by atoms with Crippen LogP contribution < -0.4 is 4.74 Å². The van der Waals surface area contributed by atoms with E-state index in [-0.39, 0.29) is 0 Å². The third-order valence-electron chi connectivity index (χ3n) is 2.69. The average molecular weight is 272 g/mol. The SMILES string of the molecule is COc1ccc(Cl)cc1CN(C)CC(C)C(=O)O. The average Bonchev–Trinajstić information content (AvgIpc) is 2.28. The van der Waals surface area contributed by atoms with E-state index in [1.807, 2.05) is 24.1 Å². The molecule has 0 aromatic heterocycles. The number of rotatable bonds is 6. The molecule has 0 fully saturated rings. The summed E-state index contributed by atoms with van der Waals surface area (Å²) in [5.74, 6) is -0.436. The molecule has 0 saturated heterocycles. The number of ether oxygens (including phenoxy) is 1. The molecule has 0 spiro atoms. The highest BCUT2D eigenvalue weighted by atomic mass is 35.5. The lowest BCUT2D eigenvalue weighted by Gasteiger charge is -2.20. The molecule has 0 amide bonds. The summed E-state index contributed by atoms with van der Waals surface area (Å²) in [7, 11) is 3.48. The first kappa shape index (κ1) is 14.8. The van der Waals surface area contributed by atoms with E-state index in [1.54, 1.807) is 20.1 Å². The maximum Gasteiger partial charge on any atom is 0.307 e. The number of hydrogen-bond donors (Lipinski definition) is 1. The zero-order valence-corrected chi connectivity index (χ0v) is 11.6. The van der Waals surface area contributed by atoms with Crippen molar-refractivity contribution < 1.29 is 14.6 Å². The maximum atomic E-state index is 10.8. The molecule has 18 heavy (non-hydrogen) atoms. The minimum atomic E-state index is -0.792. The number of nitrogens with zero attached hydrogens (tertiary/aromatic N) is 1. The highest BCUT2D eigenvalue weighted by molar-refractivity contribution is 6.30. The fraction of sp³-hybridized carbons (Fsp3) is 0.462. The van der Waals surface area contributed by atoms with Crippen LogP contribution in [0.5, 0.6) is 5.75 Å². The fourth-order valence-electron chi connectivity index (χ4n) is 1.77. The summed E-state index contributed by atoms with van der Waals surface area (Å²) in [5, 5.41) is 9.51. The number of hydrogen-bond acceptors (Lipinski definition) is 3. The van der Waals surface area contributed by atoms with Crippen LogP contribution in [0.2, 0.25) is 5.02 Å². The Hall–Kier alpha value is -1.26. The summed E-state index contributed by atoms with van der Waals surface area (Å²) in [6, 6.07) is 5.41. The molecular formula is C13H18ClNO3. The van der Waals surface area contributed by atoms with Gasteiger partial charge in [0.15, 0.2) is 0 Å². The van der Waals surface area contributed by atoms with Gasteiger partial charge < -0.3 is 14.7 Å². The van der Waals surface area contributed by atoms with Crippen molar-refractivity contribution in [2.45, 2.75) is 13.5 Å². The second kappa shape index (κ2) is 6.61. The molecule has 1 aromatic carbocycles. The van der Waals surface area contributed by atoms with Gasteiger partial charge in [-0.25, -0.2) is 0 Å². The Bertz CT molecular complexity index is 423. The minimum absolute atomic E-state index is 0.403. The van der Waals surface area contributed by atoms with Crippen LogP contribution in [0.3, 0.4) is 0 Å². The number of carboxylic acid groups (broad SMARTS) is 1. The molecule has 0 saturated carbocycles. The lowest BCUT2D eigenvalue weighted by atomic mass is 10.1. The van der Waals surface area contributed by atoms with Gasteiger partial charge in [-0.1, -0.05) is 18.5 Å². The van der Waals surface area contributed by atoms with E-state index in [1.165, 1.54) is 0 Å². The molecule has 1 unspecified atom stereocenters. The van der Waals surface area contributed by atoms with Gasteiger partial charge in [-0.3, -0.25) is 4.79 Å². The standard InChI is InChI=1S/C13H18ClNO3/c1-9(13(16)17)7-15(2)8-10-6-11(14)4-5-12(10)18-3/h4-6,9H,7-8H2,1-3H3,(H,16,17). The summed E-state index contributed by atoms with van der Waals surface area (Å²) < 4.78 is 5.25. The van der Waals surface area contributed by atoms with Crippen molar-refractivity contribution in [1.82, 2.24) is 4.90 Å². The molecule has 1 atom stereocenters. The van der Waals surface area contributed by atoms with Crippen molar-refractivity contribution in [2.75, 3.05) is 20.7 Å². The summed E-state index contributed by atoms with van der Waals surface area (Å²) >= 11 is 5.95. The molecule has 0 aliphatic rings. The fourth-order valence-corrected chi connectivity index (χ4v) is 1.97. The van der Waals surface area contributed by atoms with E-state index in [9.17, 15) is 4.79 Å². The van der Waals surface area contributed by atoms with Gasteiger partial charge in [0, 0.05) is 23.7 Å². The third-order valence-corrected chi connectivity index (χ3v) is 2.92. The van der Waals surface area contributed by atoms with Crippen molar-refractivity contribution in [3.8, 4) is 5.75 Å². The van der Waals surface area contributed by atoms with Crippen LogP contribution in [-0.2, 0) is 11.3 Å². The first-order valence-electron chi connectivity index (χ1n) is 5.67. The Labute approximate surface area is 112 Å². The van der Waals surface area contributed by atoms with Gasteiger partial charge in [0.25, 0.3) is 0 Å². The summed E-state index contributed by atoms with van der Waals surface area (Å²) in [6.45, 7) is 2.76. The maximum absolute atomic E-state index is 10.8. The number of carboxylic acids is 1. The molecule has 4 nitrogen and oxygen atoms in total. The molecule has 0 aliphatic carbocycles. The third kappa shape index (κ3) is 4.20. The zero-order valence-electron chi connectivity index (χ0n) is 10.8. The Morgan fingerprint density at radius 2 is 2.22 bits per heavy atom. The Kier molecular flexibility index (Phi) is 5.44. The van der Waals surface area contributed by atoms with Gasteiger partial charge in [0.05, 0.1) is 13.0 Å². The van der Waals surface area contributed by atoms with E-state index < -0.39 is 11.9 Å². The van der Waals surface area contributed by atoms with Crippen molar-refractivity contribution >= 4 is 17.6 Å². The van der Waals surface area contributed by atoms with Crippen LogP contribution in [0, 0.1) is 5.92 Å². The van der Waals surface area contributed by atoms with Crippen molar-refractivity contribution in [3.05, 3.63) is 28.8 Å². The highest BCUT2D eigenvalue weighted by Gasteiger charge is 2.15. The van der Waals surface area contributed by atoms with Crippen LogP contribution in [-0.4, -0.2) is 36.7 Å². The number of carbonyl (C=O) groups is 1. The van der Waals surface area contributed by atoms with Crippen molar-refractivity contribution in [3.63, 3.8) is 0 Å². The molecule has 0 bridgehead atoms. The normalized spacial score (nSPS) is 12.5. The monoisotopic (exact) mass is 271 g/mol. The number of benzene rings is 1. The summed E-state index contributed by atoms with van der Waals surface area (Å²) in [5.41, 5.74) is 0.949. The van der Waals surface area contributed by atoms with Gasteiger partial charge in [0.2, 0.25) is 0 Å². The molecule has 5 heteroatoms. The van der Waals surface area contributed by atoms with E-state index in [0.29, 0.717) is 18.1 Å². The smallest absolute Gasteiger partial charge is 0.307 e. The Morgan fingerprint density at radius 3 is 2.78 bits per heavy atom. The van der Waals surface area contributed by atoms with Gasteiger partial charge in [-0.05, 0) is 25.2 Å². The van der Waals surface area contributed by atoms with Crippen LogP contribution in [0.1, 0.15) is 12.5 Å². The summed E-state index contributed by atoms with van der Waals surface area (Å²) in [6.07, 6.45) is 0.